The molecule has 1 fully saturated rings. The Morgan fingerprint density at radius 2 is 1.93 bits per heavy atom. The molecule has 0 radical (unpaired) electrons. The van der Waals surface area contributed by atoms with E-state index in [9.17, 15) is 4.79 Å². The third-order valence-electron chi connectivity index (χ3n) is 5.47. The quantitative estimate of drug-likeness (QED) is 0.672. The number of carbonyl (C=O) groups excluding carboxylic acids is 1. The molecule has 1 amide bonds. The molecule has 1 atom stereocenters. The summed E-state index contributed by atoms with van der Waals surface area (Å²) in [5.74, 6) is 0.196. The first kappa shape index (κ1) is 20.2. The van der Waals surface area contributed by atoms with Crippen LogP contribution in [0.25, 0.3) is 0 Å². The van der Waals surface area contributed by atoms with Crippen molar-refractivity contribution in [1.29, 1.82) is 0 Å². The zero-order chi connectivity index (χ0) is 19.6. The Kier molecular flexibility index (Phi) is 6.46. The number of anilines is 1. The monoisotopic (exact) mass is 404 g/mol. The highest BCUT2D eigenvalue weighted by Gasteiger charge is 2.28. The Bertz CT molecular complexity index is 837. The van der Waals surface area contributed by atoms with Gasteiger partial charge in [0.05, 0.1) is 5.92 Å². The van der Waals surface area contributed by atoms with Gasteiger partial charge in [-0.05, 0) is 74.2 Å². The number of halogens is 2. The smallest absolute Gasteiger partial charge is 0.231 e. The van der Waals surface area contributed by atoms with Gasteiger partial charge in [0.15, 0.2) is 0 Å². The second kappa shape index (κ2) is 8.64. The summed E-state index contributed by atoms with van der Waals surface area (Å²) in [6, 6.07) is 11.8. The van der Waals surface area contributed by atoms with E-state index in [0.29, 0.717) is 10.0 Å². The third kappa shape index (κ3) is 4.84. The highest BCUT2D eigenvalue weighted by atomic mass is 35.5. The molecule has 27 heavy (non-hydrogen) atoms. The molecular formula is C22H26Cl2N2O. The first-order valence-corrected chi connectivity index (χ1v) is 10.1. The number of nitrogens with zero attached hydrogens (tertiary/aromatic N) is 2. The molecule has 1 heterocycles. The molecule has 2 aromatic rings. The van der Waals surface area contributed by atoms with Gasteiger partial charge in [-0.3, -0.25) is 9.69 Å². The van der Waals surface area contributed by atoms with Crippen molar-refractivity contribution in [2.75, 3.05) is 25.0 Å². The maximum absolute atomic E-state index is 13.1. The van der Waals surface area contributed by atoms with E-state index in [0.717, 1.165) is 43.7 Å². The standard InChI is InChI=1S/C22H26Cl2N2O/c1-15-6-9-20(11-16(15)2)25(3)22(27)18-5-4-10-26(14-18)13-17-7-8-19(23)12-21(17)24/h6-9,11-12,18H,4-5,10,13-14H2,1-3H3. The SMILES string of the molecule is Cc1ccc(N(C)C(=O)C2CCCN(Cc3ccc(Cl)cc3Cl)C2)cc1C. The van der Waals surface area contributed by atoms with Crippen LogP contribution in [0.2, 0.25) is 10.0 Å². The first-order valence-electron chi connectivity index (χ1n) is 9.36. The average Bonchev–Trinajstić information content (AvgIpc) is 2.65. The van der Waals surface area contributed by atoms with E-state index in [1.165, 1.54) is 11.1 Å². The van der Waals surface area contributed by atoms with Crippen LogP contribution in [0.3, 0.4) is 0 Å². The van der Waals surface area contributed by atoms with E-state index in [-0.39, 0.29) is 11.8 Å². The predicted molar refractivity (Wildman–Crippen MR) is 114 cm³/mol. The molecule has 2 aromatic carbocycles. The molecule has 144 valence electrons. The summed E-state index contributed by atoms with van der Waals surface area (Å²) >= 11 is 12.3. The van der Waals surface area contributed by atoms with Crippen LogP contribution < -0.4 is 4.90 Å². The summed E-state index contributed by atoms with van der Waals surface area (Å²) < 4.78 is 0. The van der Waals surface area contributed by atoms with Crippen LogP contribution in [-0.4, -0.2) is 30.9 Å². The Labute approximate surface area is 171 Å². The molecule has 0 bridgehead atoms. The van der Waals surface area contributed by atoms with Gasteiger partial charge in [0.25, 0.3) is 0 Å². The van der Waals surface area contributed by atoms with Crippen LogP contribution >= 0.6 is 23.2 Å². The number of hydrogen-bond acceptors (Lipinski definition) is 2. The van der Waals surface area contributed by atoms with Gasteiger partial charge in [-0.1, -0.05) is 35.3 Å². The minimum absolute atomic E-state index is 0.0106. The molecule has 5 heteroatoms. The van der Waals surface area contributed by atoms with E-state index < -0.39 is 0 Å². The average molecular weight is 405 g/mol. The van der Waals surface area contributed by atoms with Gasteiger partial charge in [-0.25, -0.2) is 0 Å². The van der Waals surface area contributed by atoms with Gasteiger partial charge < -0.3 is 4.90 Å². The van der Waals surface area contributed by atoms with Crippen molar-refractivity contribution in [2.24, 2.45) is 5.92 Å². The lowest BCUT2D eigenvalue weighted by atomic mass is 9.95. The highest BCUT2D eigenvalue weighted by Crippen LogP contribution is 2.27. The Hall–Kier alpha value is -1.55. The van der Waals surface area contributed by atoms with Crippen molar-refractivity contribution in [3.63, 3.8) is 0 Å². The van der Waals surface area contributed by atoms with Crippen molar-refractivity contribution in [3.8, 4) is 0 Å². The largest absolute Gasteiger partial charge is 0.315 e. The molecule has 1 unspecified atom stereocenters. The fourth-order valence-corrected chi connectivity index (χ4v) is 4.10. The number of benzene rings is 2. The normalized spacial score (nSPS) is 17.7. The molecule has 1 aliphatic heterocycles. The van der Waals surface area contributed by atoms with Crippen LogP contribution in [-0.2, 0) is 11.3 Å². The fraction of sp³-hybridized carbons (Fsp3) is 0.409. The lowest BCUT2D eigenvalue weighted by molar-refractivity contribution is -0.123. The molecule has 1 aliphatic rings. The highest BCUT2D eigenvalue weighted by molar-refractivity contribution is 6.35. The minimum atomic E-state index is 0.0106. The summed E-state index contributed by atoms with van der Waals surface area (Å²) in [4.78, 5) is 17.2. The topological polar surface area (TPSA) is 23.6 Å². The molecule has 0 N–H and O–H groups in total. The van der Waals surface area contributed by atoms with Crippen LogP contribution in [0, 0.1) is 19.8 Å². The Balaban J connectivity index is 1.67. The Morgan fingerprint density at radius 1 is 1.15 bits per heavy atom. The molecule has 0 spiro atoms. The van der Waals surface area contributed by atoms with Gasteiger partial charge in [-0.2, -0.15) is 0 Å². The van der Waals surface area contributed by atoms with Gasteiger partial charge in [0, 0.05) is 35.9 Å². The van der Waals surface area contributed by atoms with Gasteiger partial charge in [0.1, 0.15) is 0 Å². The van der Waals surface area contributed by atoms with Crippen LogP contribution in [0.15, 0.2) is 36.4 Å². The Morgan fingerprint density at radius 3 is 2.63 bits per heavy atom. The summed E-state index contributed by atoms with van der Waals surface area (Å²) in [6.07, 6.45) is 1.95. The zero-order valence-corrected chi connectivity index (χ0v) is 17.6. The fourth-order valence-electron chi connectivity index (χ4n) is 3.63. The van der Waals surface area contributed by atoms with Crippen LogP contribution in [0.5, 0.6) is 0 Å². The van der Waals surface area contributed by atoms with E-state index in [1.807, 2.05) is 25.2 Å². The lowest BCUT2D eigenvalue weighted by Crippen LogP contribution is -2.43. The summed E-state index contributed by atoms with van der Waals surface area (Å²) in [5.41, 5.74) is 4.45. The first-order chi connectivity index (χ1) is 12.8. The number of amides is 1. The maximum atomic E-state index is 13.1. The number of aryl methyl sites for hydroxylation is 2. The van der Waals surface area contributed by atoms with Crippen molar-refractivity contribution in [1.82, 2.24) is 4.90 Å². The second-order valence-corrected chi connectivity index (χ2v) is 8.32. The predicted octanol–water partition coefficient (Wildman–Crippen LogP) is 5.49. The molecule has 3 nitrogen and oxygen atoms in total. The zero-order valence-electron chi connectivity index (χ0n) is 16.1. The number of likely N-dealkylation sites (tertiary alicyclic amines) is 1. The number of hydrogen-bond donors (Lipinski definition) is 0. The molecule has 3 rings (SSSR count). The van der Waals surface area contributed by atoms with Crippen molar-refractivity contribution < 1.29 is 4.79 Å². The number of rotatable bonds is 4. The van der Waals surface area contributed by atoms with Gasteiger partial charge in [0.2, 0.25) is 5.91 Å². The van der Waals surface area contributed by atoms with Gasteiger partial charge >= 0.3 is 0 Å². The van der Waals surface area contributed by atoms with Crippen LogP contribution in [0.1, 0.15) is 29.5 Å². The van der Waals surface area contributed by atoms with Crippen molar-refractivity contribution in [2.45, 2.75) is 33.2 Å². The van der Waals surface area contributed by atoms with Crippen molar-refractivity contribution in [3.05, 3.63) is 63.1 Å². The van der Waals surface area contributed by atoms with E-state index >= 15 is 0 Å². The lowest BCUT2D eigenvalue weighted by Gasteiger charge is -2.34. The van der Waals surface area contributed by atoms with E-state index in [2.05, 4.69) is 30.9 Å². The van der Waals surface area contributed by atoms with E-state index in [4.69, 9.17) is 23.2 Å². The third-order valence-corrected chi connectivity index (χ3v) is 6.06. The minimum Gasteiger partial charge on any atom is -0.315 e. The molecule has 0 aliphatic carbocycles. The van der Waals surface area contributed by atoms with E-state index in [1.54, 1.807) is 11.0 Å². The van der Waals surface area contributed by atoms with Crippen LogP contribution in [0.4, 0.5) is 5.69 Å². The van der Waals surface area contributed by atoms with Crippen molar-refractivity contribution >= 4 is 34.8 Å². The maximum Gasteiger partial charge on any atom is 0.231 e. The molecule has 1 saturated heterocycles. The van der Waals surface area contributed by atoms with Gasteiger partial charge in [-0.15, -0.1) is 0 Å². The second-order valence-electron chi connectivity index (χ2n) is 7.48. The summed E-state index contributed by atoms with van der Waals surface area (Å²) in [7, 11) is 1.88. The number of piperidine rings is 1. The molecular weight excluding hydrogens is 379 g/mol. The summed E-state index contributed by atoms with van der Waals surface area (Å²) in [5, 5.41) is 1.33. The summed E-state index contributed by atoms with van der Waals surface area (Å²) in [6.45, 7) is 6.65. The molecule has 0 aromatic heterocycles. The number of carbonyl (C=O) groups is 1. The molecule has 0 saturated carbocycles.